The third kappa shape index (κ3) is 9.86. The number of rotatable bonds is 7. The predicted molar refractivity (Wildman–Crippen MR) is 117 cm³/mol. The van der Waals surface area contributed by atoms with Crippen LogP contribution in [0.25, 0.3) is 0 Å². The van der Waals surface area contributed by atoms with Crippen LogP contribution < -0.4 is 0 Å². The van der Waals surface area contributed by atoms with Crippen molar-refractivity contribution in [3.63, 3.8) is 0 Å². The Morgan fingerprint density at radius 2 is 1.30 bits per heavy atom. The van der Waals surface area contributed by atoms with Crippen molar-refractivity contribution in [1.82, 2.24) is 0 Å². The van der Waals surface area contributed by atoms with Crippen molar-refractivity contribution in [2.24, 2.45) is 23.7 Å². The van der Waals surface area contributed by atoms with Gasteiger partial charge in [0.05, 0.1) is 25.6 Å². The van der Waals surface area contributed by atoms with E-state index in [2.05, 4.69) is 4.74 Å². The van der Waals surface area contributed by atoms with Gasteiger partial charge in [-0.1, -0.05) is 34.1 Å². The van der Waals surface area contributed by atoms with Crippen LogP contribution in [0.1, 0.15) is 92.4 Å². The summed E-state index contributed by atoms with van der Waals surface area (Å²) in [6.45, 7) is 5.89. The first kappa shape index (κ1) is 28.3. The zero-order valence-corrected chi connectivity index (χ0v) is 18.5. The van der Waals surface area contributed by atoms with Gasteiger partial charge in [-0.3, -0.25) is 19.2 Å². The smallest absolute Gasteiger partial charge is 0.308 e. The Morgan fingerprint density at radius 3 is 1.67 bits per heavy atom. The first-order valence-corrected chi connectivity index (χ1v) is 11.1. The topological polar surface area (TPSA) is 86.7 Å². The SMILES string of the molecule is C.CCOC(=O)C(C)CC1CCCCC1=O.COC(=O)C(C)CC1CCCCC1=O. The highest BCUT2D eigenvalue weighted by molar-refractivity contribution is 5.83. The molecule has 174 valence electrons. The lowest BCUT2D eigenvalue weighted by atomic mass is 9.82. The van der Waals surface area contributed by atoms with Gasteiger partial charge in [0.1, 0.15) is 11.6 Å². The van der Waals surface area contributed by atoms with Gasteiger partial charge in [-0.15, -0.1) is 0 Å². The first-order chi connectivity index (χ1) is 13.8. The lowest BCUT2D eigenvalue weighted by Gasteiger charge is -2.22. The van der Waals surface area contributed by atoms with Crippen LogP contribution in [0.5, 0.6) is 0 Å². The summed E-state index contributed by atoms with van der Waals surface area (Å²) in [6, 6.07) is 0. The number of ketones is 2. The number of carbonyl (C=O) groups is 4. The second-order valence-electron chi connectivity index (χ2n) is 8.37. The van der Waals surface area contributed by atoms with Crippen molar-refractivity contribution in [3.8, 4) is 0 Å². The molecule has 0 amide bonds. The van der Waals surface area contributed by atoms with Crippen LogP contribution in [-0.2, 0) is 28.7 Å². The molecule has 0 heterocycles. The number of ether oxygens (including phenoxy) is 2. The van der Waals surface area contributed by atoms with E-state index in [0.29, 0.717) is 43.9 Å². The summed E-state index contributed by atoms with van der Waals surface area (Å²) in [5.41, 5.74) is 0. The average molecular weight is 427 g/mol. The fraction of sp³-hybridized carbons (Fsp3) is 0.833. The Hall–Kier alpha value is -1.72. The highest BCUT2D eigenvalue weighted by atomic mass is 16.5. The molecule has 0 aliphatic heterocycles. The second-order valence-corrected chi connectivity index (χ2v) is 8.37. The van der Waals surface area contributed by atoms with Crippen molar-refractivity contribution >= 4 is 23.5 Å². The molecular formula is C24H42O6. The maximum atomic E-state index is 11.6. The molecule has 6 heteroatoms. The van der Waals surface area contributed by atoms with E-state index in [-0.39, 0.29) is 43.0 Å². The highest BCUT2D eigenvalue weighted by Crippen LogP contribution is 2.27. The highest BCUT2D eigenvalue weighted by Gasteiger charge is 2.27. The van der Waals surface area contributed by atoms with Crippen molar-refractivity contribution in [1.29, 1.82) is 0 Å². The quantitative estimate of drug-likeness (QED) is 0.537. The third-order valence-electron chi connectivity index (χ3n) is 5.93. The Balaban J connectivity index is 0.000000544. The van der Waals surface area contributed by atoms with Gasteiger partial charge in [-0.05, 0) is 45.4 Å². The first-order valence-electron chi connectivity index (χ1n) is 11.1. The number of hydrogen-bond donors (Lipinski definition) is 0. The molecule has 0 bridgehead atoms. The normalized spacial score (nSPS) is 23.2. The monoisotopic (exact) mass is 426 g/mol. The van der Waals surface area contributed by atoms with E-state index in [0.717, 1.165) is 38.5 Å². The van der Waals surface area contributed by atoms with Gasteiger partial charge in [0.25, 0.3) is 0 Å². The Bertz CT molecular complexity index is 556. The second kappa shape index (κ2) is 15.1. The van der Waals surface area contributed by atoms with Crippen molar-refractivity contribution in [3.05, 3.63) is 0 Å². The zero-order chi connectivity index (χ0) is 21.8. The molecule has 30 heavy (non-hydrogen) atoms. The van der Waals surface area contributed by atoms with E-state index in [1.54, 1.807) is 6.92 Å². The molecule has 0 N–H and O–H groups in total. The number of carbonyl (C=O) groups excluding carboxylic acids is 4. The van der Waals surface area contributed by atoms with Crippen LogP contribution in [0.3, 0.4) is 0 Å². The van der Waals surface area contributed by atoms with Crippen LogP contribution in [0.4, 0.5) is 0 Å². The molecule has 0 saturated heterocycles. The summed E-state index contributed by atoms with van der Waals surface area (Å²) in [4.78, 5) is 45.6. The minimum Gasteiger partial charge on any atom is -0.469 e. The molecule has 2 aliphatic rings. The largest absolute Gasteiger partial charge is 0.469 e. The van der Waals surface area contributed by atoms with Gasteiger partial charge in [0.15, 0.2) is 0 Å². The lowest BCUT2D eigenvalue weighted by Crippen LogP contribution is -2.25. The molecule has 2 aliphatic carbocycles. The van der Waals surface area contributed by atoms with Crippen molar-refractivity contribution in [2.75, 3.05) is 13.7 Å². The molecule has 6 nitrogen and oxygen atoms in total. The van der Waals surface area contributed by atoms with Gasteiger partial charge >= 0.3 is 11.9 Å². The molecule has 0 aromatic rings. The number of hydrogen-bond acceptors (Lipinski definition) is 6. The molecule has 2 rings (SSSR count). The minimum atomic E-state index is -0.205. The molecular weight excluding hydrogens is 384 g/mol. The van der Waals surface area contributed by atoms with Gasteiger partial charge in [-0.25, -0.2) is 0 Å². The lowest BCUT2D eigenvalue weighted by molar-refractivity contribution is -0.148. The van der Waals surface area contributed by atoms with E-state index in [9.17, 15) is 19.2 Å². The van der Waals surface area contributed by atoms with Gasteiger partial charge in [-0.2, -0.15) is 0 Å². The molecule has 2 saturated carbocycles. The summed E-state index contributed by atoms with van der Waals surface area (Å²) in [6.07, 6.45) is 8.87. The van der Waals surface area contributed by atoms with Crippen LogP contribution in [-0.4, -0.2) is 37.2 Å². The molecule has 4 atom stereocenters. The Kier molecular flexibility index (Phi) is 14.3. The van der Waals surface area contributed by atoms with E-state index in [1.165, 1.54) is 7.11 Å². The van der Waals surface area contributed by atoms with Crippen molar-refractivity contribution < 1.29 is 28.7 Å². The third-order valence-corrected chi connectivity index (χ3v) is 5.93. The molecule has 0 spiro atoms. The summed E-state index contributed by atoms with van der Waals surface area (Å²) in [5.74, 6) is 0.184. The van der Waals surface area contributed by atoms with E-state index >= 15 is 0 Å². The number of methoxy groups -OCH3 is 1. The van der Waals surface area contributed by atoms with Crippen LogP contribution in [0, 0.1) is 23.7 Å². The van der Waals surface area contributed by atoms with Gasteiger partial charge < -0.3 is 9.47 Å². The van der Waals surface area contributed by atoms with E-state index in [4.69, 9.17) is 4.74 Å². The maximum Gasteiger partial charge on any atom is 0.308 e. The van der Waals surface area contributed by atoms with Gasteiger partial charge in [0.2, 0.25) is 0 Å². The number of Topliss-reactive ketones (excluding diaryl/α,β-unsaturated/α-hetero) is 2. The predicted octanol–water partition coefficient (Wildman–Crippen LogP) is 4.92. The van der Waals surface area contributed by atoms with Crippen LogP contribution in [0.15, 0.2) is 0 Å². The van der Waals surface area contributed by atoms with E-state index < -0.39 is 0 Å². The Morgan fingerprint density at radius 1 is 0.867 bits per heavy atom. The fourth-order valence-electron chi connectivity index (χ4n) is 4.14. The summed E-state index contributed by atoms with van der Waals surface area (Å²) in [5, 5.41) is 0. The van der Waals surface area contributed by atoms with Crippen LogP contribution >= 0.6 is 0 Å². The molecule has 0 aromatic heterocycles. The van der Waals surface area contributed by atoms with Crippen LogP contribution in [0.2, 0.25) is 0 Å². The zero-order valence-electron chi connectivity index (χ0n) is 18.5. The average Bonchev–Trinajstić information content (AvgIpc) is 2.71. The molecule has 2 fully saturated rings. The minimum absolute atomic E-state index is 0. The summed E-state index contributed by atoms with van der Waals surface area (Å²) < 4.78 is 9.57. The molecule has 0 radical (unpaired) electrons. The summed E-state index contributed by atoms with van der Waals surface area (Å²) in [7, 11) is 1.39. The van der Waals surface area contributed by atoms with Crippen molar-refractivity contribution in [2.45, 2.75) is 92.4 Å². The van der Waals surface area contributed by atoms with Gasteiger partial charge in [0, 0.05) is 24.7 Å². The molecule has 0 aromatic carbocycles. The fourth-order valence-corrected chi connectivity index (χ4v) is 4.14. The Labute approximate surface area is 182 Å². The van der Waals surface area contributed by atoms with E-state index in [1.807, 2.05) is 13.8 Å². The molecule has 4 unspecified atom stereocenters. The summed E-state index contributed by atoms with van der Waals surface area (Å²) >= 11 is 0. The maximum absolute atomic E-state index is 11.6. The standard InChI is InChI=1S/C12H20O3.C11H18O3.CH4/c1-3-15-12(14)9(2)8-10-6-4-5-7-11(10)13;1-8(11(13)14-2)7-9-5-3-4-6-10(9)12;/h9-10H,3-8H2,1-2H3;8-9H,3-7H2,1-2H3;1H4. The number of esters is 2.